The Morgan fingerprint density at radius 1 is 1.24 bits per heavy atom. The standard InChI is InChI=1S/C20H22F4N2O3/c1-11-8-13(21)3-5-16(11)29-17-9-12(20(22,23)24)2-4-15(17)19(28)26-14-6-7-25-18(27)10-14/h3-4,6-7,9,11-12,14,16H,2,5,8,10H2,1H3,(H,25,27)(H,26,28). The summed E-state index contributed by atoms with van der Waals surface area (Å²) in [6.07, 6.45) is 1.45. The summed E-state index contributed by atoms with van der Waals surface area (Å²) in [5.74, 6) is -3.34. The van der Waals surface area contributed by atoms with E-state index in [1.807, 2.05) is 0 Å². The van der Waals surface area contributed by atoms with Gasteiger partial charge in [0.05, 0.1) is 29.8 Å². The third-order valence-electron chi connectivity index (χ3n) is 5.16. The Bertz CT molecular complexity index is 798. The highest BCUT2D eigenvalue weighted by molar-refractivity contribution is 5.98. The Kier molecular flexibility index (Phi) is 6.14. The maximum Gasteiger partial charge on any atom is 0.395 e. The maximum absolute atomic E-state index is 13.4. The van der Waals surface area contributed by atoms with Crippen molar-refractivity contribution >= 4 is 11.8 Å². The molecule has 2 N–H and O–H groups in total. The smallest absolute Gasteiger partial charge is 0.395 e. The fourth-order valence-electron chi connectivity index (χ4n) is 3.48. The van der Waals surface area contributed by atoms with Crippen molar-refractivity contribution in [1.29, 1.82) is 0 Å². The summed E-state index contributed by atoms with van der Waals surface area (Å²) in [4.78, 5) is 24.1. The lowest BCUT2D eigenvalue weighted by atomic mass is 9.90. The maximum atomic E-state index is 13.4. The van der Waals surface area contributed by atoms with Gasteiger partial charge in [-0.25, -0.2) is 4.39 Å². The Hall–Kier alpha value is -2.58. The quantitative estimate of drug-likeness (QED) is 0.692. The SMILES string of the molecule is CC1CC(F)=CCC1OC1=CC(C(F)(F)F)CC=C1C(=O)NC1C=CNC(=O)C1. The minimum atomic E-state index is -4.47. The molecular formula is C20H22F4N2O3. The monoisotopic (exact) mass is 414 g/mol. The van der Waals surface area contributed by atoms with Crippen molar-refractivity contribution in [3.05, 3.63) is 47.7 Å². The topological polar surface area (TPSA) is 67.4 Å². The zero-order chi connectivity index (χ0) is 21.2. The lowest BCUT2D eigenvalue weighted by Crippen LogP contribution is -2.41. The number of ether oxygens (including phenoxy) is 1. The van der Waals surface area contributed by atoms with Crippen LogP contribution in [0.15, 0.2) is 47.7 Å². The number of halogens is 4. The third-order valence-corrected chi connectivity index (χ3v) is 5.16. The van der Waals surface area contributed by atoms with Gasteiger partial charge in [-0.2, -0.15) is 13.2 Å². The van der Waals surface area contributed by atoms with E-state index in [2.05, 4.69) is 10.6 Å². The molecular weight excluding hydrogens is 392 g/mol. The van der Waals surface area contributed by atoms with E-state index in [0.29, 0.717) is 0 Å². The minimum absolute atomic E-state index is 0.00731. The van der Waals surface area contributed by atoms with E-state index in [9.17, 15) is 27.2 Å². The van der Waals surface area contributed by atoms with Crippen LogP contribution in [0, 0.1) is 11.8 Å². The molecule has 0 radical (unpaired) electrons. The molecule has 0 saturated carbocycles. The van der Waals surface area contributed by atoms with E-state index >= 15 is 0 Å². The summed E-state index contributed by atoms with van der Waals surface area (Å²) >= 11 is 0. The van der Waals surface area contributed by atoms with E-state index in [1.54, 1.807) is 13.0 Å². The number of carbonyl (C=O) groups is 2. The lowest BCUT2D eigenvalue weighted by molar-refractivity contribution is -0.161. The zero-order valence-corrected chi connectivity index (χ0v) is 15.8. The fraction of sp³-hybridized carbons (Fsp3) is 0.500. The van der Waals surface area contributed by atoms with Crippen LogP contribution in [0.2, 0.25) is 0 Å². The summed E-state index contributed by atoms with van der Waals surface area (Å²) < 4.78 is 58.9. The number of allylic oxidation sites excluding steroid dienone is 3. The summed E-state index contributed by atoms with van der Waals surface area (Å²) in [5, 5.41) is 5.11. The molecule has 158 valence electrons. The van der Waals surface area contributed by atoms with Crippen LogP contribution < -0.4 is 10.6 Å². The van der Waals surface area contributed by atoms with Crippen LogP contribution in [-0.2, 0) is 14.3 Å². The number of nitrogens with one attached hydrogen (secondary N) is 2. The lowest BCUT2D eigenvalue weighted by Gasteiger charge is -2.31. The summed E-state index contributed by atoms with van der Waals surface area (Å²) in [6.45, 7) is 1.75. The molecule has 0 bridgehead atoms. The molecule has 3 rings (SSSR count). The molecule has 1 aliphatic heterocycles. The summed E-state index contributed by atoms with van der Waals surface area (Å²) in [6, 6.07) is -0.565. The average Bonchev–Trinajstić information content (AvgIpc) is 2.63. The molecule has 2 aliphatic carbocycles. The van der Waals surface area contributed by atoms with Crippen LogP contribution in [0.4, 0.5) is 17.6 Å². The van der Waals surface area contributed by atoms with Crippen LogP contribution in [0.3, 0.4) is 0 Å². The van der Waals surface area contributed by atoms with Crippen molar-refractivity contribution in [3.8, 4) is 0 Å². The van der Waals surface area contributed by atoms with Gasteiger partial charge in [-0.05, 0) is 30.6 Å². The van der Waals surface area contributed by atoms with Crippen molar-refractivity contribution in [2.75, 3.05) is 0 Å². The second-order valence-corrected chi connectivity index (χ2v) is 7.47. The highest BCUT2D eigenvalue weighted by Crippen LogP contribution is 2.38. The van der Waals surface area contributed by atoms with Gasteiger partial charge >= 0.3 is 6.18 Å². The van der Waals surface area contributed by atoms with Crippen molar-refractivity contribution in [2.24, 2.45) is 11.8 Å². The van der Waals surface area contributed by atoms with Crippen molar-refractivity contribution < 1.29 is 31.9 Å². The van der Waals surface area contributed by atoms with Gasteiger partial charge in [-0.3, -0.25) is 9.59 Å². The van der Waals surface area contributed by atoms with Gasteiger partial charge in [0.25, 0.3) is 5.91 Å². The van der Waals surface area contributed by atoms with E-state index in [0.717, 1.165) is 6.08 Å². The van der Waals surface area contributed by atoms with Crippen LogP contribution in [0.25, 0.3) is 0 Å². The predicted molar refractivity (Wildman–Crippen MR) is 96.6 cm³/mol. The van der Waals surface area contributed by atoms with Crippen LogP contribution in [0.1, 0.15) is 32.6 Å². The molecule has 29 heavy (non-hydrogen) atoms. The van der Waals surface area contributed by atoms with Gasteiger partial charge in [0.15, 0.2) is 0 Å². The summed E-state index contributed by atoms with van der Waals surface area (Å²) in [5.41, 5.74) is -0.00731. The number of amides is 2. The number of carbonyl (C=O) groups excluding carboxylic acids is 2. The Morgan fingerprint density at radius 2 is 2.00 bits per heavy atom. The van der Waals surface area contributed by atoms with E-state index in [4.69, 9.17) is 4.74 Å². The molecule has 4 atom stereocenters. The van der Waals surface area contributed by atoms with Crippen molar-refractivity contribution in [2.45, 2.75) is 50.9 Å². The first-order valence-electron chi connectivity index (χ1n) is 9.40. The highest BCUT2D eigenvalue weighted by Gasteiger charge is 2.41. The largest absolute Gasteiger partial charge is 0.489 e. The molecule has 1 heterocycles. The first kappa shape index (κ1) is 21.1. The van der Waals surface area contributed by atoms with Crippen LogP contribution in [-0.4, -0.2) is 30.1 Å². The third kappa shape index (κ3) is 5.27. The molecule has 4 unspecified atom stereocenters. The number of alkyl halides is 3. The zero-order valence-electron chi connectivity index (χ0n) is 15.8. The Balaban J connectivity index is 1.78. The molecule has 0 aromatic rings. The number of rotatable bonds is 4. The van der Waals surface area contributed by atoms with Gasteiger partial charge in [-0.15, -0.1) is 0 Å². The molecule has 0 fully saturated rings. The number of hydrogen-bond acceptors (Lipinski definition) is 3. The normalized spacial score (nSPS) is 30.0. The Labute approximate surface area is 165 Å². The van der Waals surface area contributed by atoms with Gasteiger partial charge in [0.2, 0.25) is 5.91 Å². The highest BCUT2D eigenvalue weighted by atomic mass is 19.4. The molecule has 2 amide bonds. The molecule has 5 nitrogen and oxygen atoms in total. The second-order valence-electron chi connectivity index (χ2n) is 7.47. The van der Waals surface area contributed by atoms with Crippen molar-refractivity contribution in [1.82, 2.24) is 10.6 Å². The van der Waals surface area contributed by atoms with E-state index in [1.165, 1.54) is 18.4 Å². The Morgan fingerprint density at radius 3 is 2.66 bits per heavy atom. The van der Waals surface area contributed by atoms with Gasteiger partial charge in [0.1, 0.15) is 11.9 Å². The summed E-state index contributed by atoms with van der Waals surface area (Å²) in [7, 11) is 0. The van der Waals surface area contributed by atoms with Crippen LogP contribution >= 0.6 is 0 Å². The fourth-order valence-corrected chi connectivity index (χ4v) is 3.48. The molecule has 0 spiro atoms. The van der Waals surface area contributed by atoms with E-state index < -0.39 is 30.1 Å². The molecule has 0 aromatic heterocycles. The molecule has 9 heteroatoms. The number of hydrogen-bond donors (Lipinski definition) is 2. The van der Waals surface area contributed by atoms with Crippen molar-refractivity contribution in [3.63, 3.8) is 0 Å². The van der Waals surface area contributed by atoms with Crippen LogP contribution in [0.5, 0.6) is 0 Å². The van der Waals surface area contributed by atoms with Gasteiger partial charge in [-0.1, -0.05) is 13.0 Å². The van der Waals surface area contributed by atoms with Gasteiger partial charge < -0.3 is 15.4 Å². The predicted octanol–water partition coefficient (Wildman–Crippen LogP) is 3.57. The molecule has 0 aromatic carbocycles. The average molecular weight is 414 g/mol. The van der Waals surface area contributed by atoms with Gasteiger partial charge in [0, 0.05) is 19.0 Å². The molecule has 3 aliphatic rings. The van der Waals surface area contributed by atoms with E-state index in [-0.39, 0.29) is 54.7 Å². The second kappa shape index (κ2) is 8.42. The minimum Gasteiger partial charge on any atom is -0.489 e. The molecule has 0 saturated heterocycles. The first-order valence-corrected chi connectivity index (χ1v) is 9.40. The first-order chi connectivity index (χ1) is 13.6.